The van der Waals surface area contributed by atoms with E-state index in [9.17, 15) is 14.4 Å². The minimum absolute atomic E-state index is 0. The number of fused-ring (bicyclic) bond motifs is 1. The molecule has 3 saturated heterocycles. The van der Waals surface area contributed by atoms with Crippen LogP contribution in [0, 0.1) is 19.3 Å². The Labute approximate surface area is 234 Å². The number of carbonyl (C=O) groups excluding carboxylic acids is 3. The van der Waals surface area contributed by atoms with Crippen LogP contribution in [0.5, 0.6) is 0 Å². The van der Waals surface area contributed by atoms with E-state index in [-0.39, 0.29) is 67.1 Å². The largest absolute Gasteiger partial charge is 1.00 e. The van der Waals surface area contributed by atoms with E-state index in [1.54, 1.807) is 21.6 Å². The first-order valence-electron chi connectivity index (χ1n) is 11.4. The Bertz CT molecular complexity index is 878. The Hall–Kier alpha value is -1.67. The van der Waals surface area contributed by atoms with Crippen molar-refractivity contribution in [1.29, 1.82) is 0 Å². The van der Waals surface area contributed by atoms with Gasteiger partial charge in [-0.15, -0.1) is 25.0 Å². The van der Waals surface area contributed by atoms with Crippen molar-refractivity contribution in [3.8, 4) is 12.3 Å². The van der Waals surface area contributed by atoms with Gasteiger partial charge in [0.2, 0.25) is 11.8 Å². The fourth-order valence-corrected chi connectivity index (χ4v) is 4.93. The molecule has 3 fully saturated rings. The Morgan fingerprint density at radius 2 is 2.03 bits per heavy atom. The number of ether oxygens (including phenoxy) is 1. The predicted molar refractivity (Wildman–Crippen MR) is 132 cm³/mol. The van der Waals surface area contributed by atoms with Crippen LogP contribution in [0.15, 0.2) is 30.3 Å². The second-order valence-electron chi connectivity index (χ2n) is 8.41. The molecule has 35 heavy (non-hydrogen) atoms. The van der Waals surface area contributed by atoms with E-state index in [1.807, 2.05) is 43.0 Å². The molecule has 0 spiro atoms. The Morgan fingerprint density at radius 1 is 1.29 bits per heavy atom. The van der Waals surface area contributed by atoms with Gasteiger partial charge in [0, 0.05) is 13.2 Å². The van der Waals surface area contributed by atoms with Crippen molar-refractivity contribution in [1.82, 2.24) is 19.8 Å². The van der Waals surface area contributed by atoms with Crippen molar-refractivity contribution >= 4 is 30.0 Å². The normalized spacial score (nSPS) is 24.1. The van der Waals surface area contributed by atoms with Crippen molar-refractivity contribution in [2.45, 2.75) is 37.6 Å². The fraction of sp³-hybridized carbons (Fsp3) is 0.520. The summed E-state index contributed by atoms with van der Waals surface area (Å²) in [5.74, 6) is 2.97. The molecule has 0 N–H and O–H groups in total. The van der Waals surface area contributed by atoms with Crippen LogP contribution in [0.1, 0.15) is 24.8 Å². The molecule has 0 saturated carbocycles. The van der Waals surface area contributed by atoms with Gasteiger partial charge in [-0.1, -0.05) is 12.0 Å². The first-order valence-corrected chi connectivity index (χ1v) is 12.8. The van der Waals surface area contributed by atoms with Gasteiger partial charge in [0.15, 0.2) is 0 Å². The van der Waals surface area contributed by atoms with E-state index in [0.29, 0.717) is 19.6 Å². The maximum Gasteiger partial charge on any atom is 1.00 e. The maximum atomic E-state index is 13.1. The SMILES string of the molecule is C#CCN1CC(=O)N2[C@@H](CCSC)C(=O)N(CC3CCCO3)C[C@@H]2N1[C-]=O.[CH2-]c1ccccc1.[Na+]. The molecule has 1 unspecified atom stereocenters. The zero-order chi connectivity index (χ0) is 24.5. The number of rotatable bonds is 7. The zero-order valence-electron chi connectivity index (χ0n) is 20.6. The molecule has 0 bridgehead atoms. The third kappa shape index (κ3) is 7.66. The topological polar surface area (TPSA) is 73.4 Å². The molecule has 3 aliphatic rings. The summed E-state index contributed by atoms with van der Waals surface area (Å²) >= 11 is 1.63. The molecule has 10 heteroatoms. The first-order chi connectivity index (χ1) is 16.5. The Morgan fingerprint density at radius 3 is 2.57 bits per heavy atom. The number of hydrazine groups is 1. The second kappa shape index (κ2) is 14.8. The Kier molecular flexibility index (Phi) is 12.5. The van der Waals surface area contributed by atoms with E-state index >= 15 is 0 Å². The number of terminal acetylenes is 1. The van der Waals surface area contributed by atoms with Crippen LogP contribution in [0.2, 0.25) is 0 Å². The monoisotopic (exact) mass is 507 g/mol. The molecule has 0 radical (unpaired) electrons. The molecule has 0 aromatic heterocycles. The van der Waals surface area contributed by atoms with Gasteiger partial charge < -0.3 is 24.3 Å². The molecule has 4 rings (SSSR count). The van der Waals surface area contributed by atoms with Gasteiger partial charge in [-0.3, -0.25) is 9.59 Å². The quantitative estimate of drug-likeness (QED) is 0.251. The van der Waals surface area contributed by atoms with E-state index in [1.165, 1.54) is 10.0 Å². The van der Waals surface area contributed by atoms with Crippen LogP contribution in [0.3, 0.4) is 0 Å². The minimum Gasteiger partial charge on any atom is -0.518 e. The molecule has 3 aliphatic heterocycles. The van der Waals surface area contributed by atoms with Crippen molar-refractivity contribution < 1.29 is 48.7 Å². The number of nitrogens with zero attached hydrogens (tertiary/aromatic N) is 4. The number of hydrogen-bond acceptors (Lipinski definition) is 6. The van der Waals surface area contributed by atoms with Crippen molar-refractivity contribution in [2.75, 3.05) is 44.8 Å². The average molecular weight is 508 g/mol. The molecule has 3 heterocycles. The van der Waals surface area contributed by atoms with E-state index in [0.717, 1.165) is 24.2 Å². The number of piperazine rings is 1. The number of hydrogen-bond donors (Lipinski definition) is 0. The summed E-state index contributed by atoms with van der Waals surface area (Å²) in [6.07, 6.45) is 11.1. The second-order valence-corrected chi connectivity index (χ2v) is 9.39. The summed E-state index contributed by atoms with van der Waals surface area (Å²) in [5.41, 5.74) is 1.07. The number of thioether (sulfide) groups is 1. The summed E-state index contributed by atoms with van der Waals surface area (Å²) < 4.78 is 5.68. The molecule has 184 valence electrons. The van der Waals surface area contributed by atoms with Crippen molar-refractivity contribution in [3.05, 3.63) is 42.8 Å². The molecule has 3 atom stereocenters. The number of benzene rings is 1. The standard InChI is InChI=1S/C18H25N4O4S.C7H7.Na/c1-3-7-20-12-17(24)22-15(6-9-27-2)18(25)19(10-14-5-4-8-26-14)11-16(22)21(20)13-23;1-7-5-3-2-4-6-7;/h1,14-16H,4-12H2,2H3;2-6H,1H2;/q2*-1;+1/t14?,15-,16+;;/m0../s1. The van der Waals surface area contributed by atoms with Gasteiger partial charge in [-0.2, -0.15) is 36.4 Å². The van der Waals surface area contributed by atoms with Crippen molar-refractivity contribution in [2.24, 2.45) is 0 Å². The number of carbonyl (C=O) groups is 2. The maximum absolute atomic E-state index is 13.1. The van der Waals surface area contributed by atoms with Crippen LogP contribution in [-0.4, -0.2) is 101 Å². The van der Waals surface area contributed by atoms with Crippen LogP contribution in [-0.2, 0) is 19.1 Å². The van der Waals surface area contributed by atoms with E-state index in [4.69, 9.17) is 11.2 Å². The molecule has 8 nitrogen and oxygen atoms in total. The number of amides is 3. The van der Waals surface area contributed by atoms with Gasteiger partial charge in [-0.25, -0.2) is 5.01 Å². The summed E-state index contributed by atoms with van der Waals surface area (Å²) in [6.45, 7) is 5.27. The molecule has 1 aromatic rings. The molecular weight excluding hydrogens is 475 g/mol. The fourth-order valence-electron chi connectivity index (χ4n) is 4.47. The summed E-state index contributed by atoms with van der Waals surface area (Å²) in [7, 11) is 0. The van der Waals surface area contributed by atoms with E-state index in [2.05, 4.69) is 12.8 Å². The predicted octanol–water partition coefficient (Wildman–Crippen LogP) is -1.61. The summed E-state index contributed by atoms with van der Waals surface area (Å²) in [5, 5.41) is 2.87. The summed E-state index contributed by atoms with van der Waals surface area (Å²) in [6, 6.07) is 9.30. The summed E-state index contributed by atoms with van der Waals surface area (Å²) in [4.78, 5) is 40.9. The first kappa shape index (κ1) is 29.6. The van der Waals surface area contributed by atoms with Crippen LogP contribution >= 0.6 is 11.8 Å². The zero-order valence-corrected chi connectivity index (χ0v) is 23.4. The third-order valence-corrected chi connectivity index (χ3v) is 6.73. The average Bonchev–Trinajstić information content (AvgIpc) is 3.34. The van der Waals surface area contributed by atoms with Crippen LogP contribution in [0.25, 0.3) is 0 Å². The van der Waals surface area contributed by atoms with Crippen LogP contribution < -0.4 is 29.6 Å². The van der Waals surface area contributed by atoms with Gasteiger partial charge in [0.1, 0.15) is 12.2 Å². The Balaban J connectivity index is 0.000000465. The third-order valence-electron chi connectivity index (χ3n) is 6.08. The smallest absolute Gasteiger partial charge is 0.518 e. The molecule has 3 amide bonds. The van der Waals surface area contributed by atoms with E-state index < -0.39 is 12.2 Å². The van der Waals surface area contributed by atoms with Gasteiger partial charge >= 0.3 is 29.6 Å². The van der Waals surface area contributed by atoms with Crippen LogP contribution in [0.4, 0.5) is 0 Å². The van der Waals surface area contributed by atoms with Crippen molar-refractivity contribution in [3.63, 3.8) is 0 Å². The minimum atomic E-state index is -0.581. The molecule has 0 aliphatic carbocycles. The van der Waals surface area contributed by atoms with Gasteiger partial charge in [-0.05, 0) is 31.3 Å². The van der Waals surface area contributed by atoms with Gasteiger partial charge in [0.05, 0.1) is 25.7 Å². The van der Waals surface area contributed by atoms with Gasteiger partial charge in [0.25, 0.3) is 0 Å². The molecular formula is C25H32N4NaO4S-. The molecule has 1 aromatic carbocycles.